The van der Waals surface area contributed by atoms with Gasteiger partial charge in [-0.1, -0.05) is 18.2 Å². The van der Waals surface area contributed by atoms with Gasteiger partial charge in [-0.15, -0.1) is 0 Å². The average molecular weight is 372 g/mol. The first-order chi connectivity index (χ1) is 13.6. The number of amides is 1. The van der Waals surface area contributed by atoms with Crippen molar-refractivity contribution >= 4 is 22.7 Å². The van der Waals surface area contributed by atoms with Crippen LogP contribution in [-0.2, 0) is 0 Å². The highest BCUT2D eigenvalue weighted by Gasteiger charge is 2.11. The summed E-state index contributed by atoms with van der Waals surface area (Å²) in [5, 5.41) is 2.92. The number of carbonyl (C=O) groups excluding carboxylic acids is 1. The number of fused-ring (bicyclic) bond motifs is 1. The van der Waals surface area contributed by atoms with E-state index < -0.39 is 0 Å². The van der Waals surface area contributed by atoms with Crippen LogP contribution in [0.3, 0.4) is 0 Å². The molecule has 1 heterocycles. The van der Waals surface area contributed by atoms with Gasteiger partial charge in [0.25, 0.3) is 5.91 Å². The topological polar surface area (TPSA) is 64.4 Å². The molecule has 0 spiro atoms. The lowest BCUT2D eigenvalue weighted by atomic mass is 10.1. The van der Waals surface area contributed by atoms with Gasteiger partial charge in [0, 0.05) is 16.8 Å². The fourth-order valence-corrected chi connectivity index (χ4v) is 2.98. The Balaban J connectivity index is 1.58. The van der Waals surface area contributed by atoms with E-state index in [1.54, 1.807) is 18.2 Å². The van der Waals surface area contributed by atoms with Gasteiger partial charge in [0.15, 0.2) is 5.58 Å². The lowest BCUT2D eigenvalue weighted by Gasteiger charge is -2.08. The molecule has 1 aromatic heterocycles. The third-order valence-electron chi connectivity index (χ3n) is 4.32. The molecule has 0 saturated carbocycles. The first kappa shape index (κ1) is 17.8. The van der Waals surface area contributed by atoms with Crippen molar-refractivity contribution in [2.75, 3.05) is 11.9 Å². The maximum Gasteiger partial charge on any atom is 0.255 e. The van der Waals surface area contributed by atoms with Crippen LogP contribution in [0.1, 0.15) is 22.8 Å². The minimum Gasteiger partial charge on any atom is -0.494 e. The Kier molecular flexibility index (Phi) is 4.81. The molecule has 4 rings (SSSR count). The van der Waals surface area contributed by atoms with Crippen LogP contribution in [-0.4, -0.2) is 17.5 Å². The van der Waals surface area contributed by atoms with Crippen molar-refractivity contribution in [2.24, 2.45) is 0 Å². The second-order valence-corrected chi connectivity index (χ2v) is 6.49. The minimum atomic E-state index is -0.202. The Labute approximate surface area is 163 Å². The molecule has 0 bridgehead atoms. The molecule has 0 unspecified atom stereocenters. The van der Waals surface area contributed by atoms with Crippen molar-refractivity contribution in [1.29, 1.82) is 0 Å². The van der Waals surface area contributed by atoms with Crippen molar-refractivity contribution < 1.29 is 13.9 Å². The SMILES string of the molecule is CCOc1cccc(C(=O)Nc2cccc(-c3nc4ccc(C)cc4o3)c2)c1. The van der Waals surface area contributed by atoms with Crippen molar-refractivity contribution in [3.8, 4) is 17.2 Å². The number of aryl methyl sites for hydroxylation is 1. The number of ether oxygens (including phenoxy) is 1. The van der Waals surface area contributed by atoms with E-state index in [1.165, 1.54) is 0 Å². The molecule has 0 fully saturated rings. The monoisotopic (exact) mass is 372 g/mol. The van der Waals surface area contributed by atoms with E-state index in [9.17, 15) is 4.79 Å². The second kappa shape index (κ2) is 7.56. The van der Waals surface area contributed by atoms with Gasteiger partial charge in [0.1, 0.15) is 11.3 Å². The number of hydrogen-bond acceptors (Lipinski definition) is 4. The number of hydrogen-bond donors (Lipinski definition) is 1. The number of anilines is 1. The highest BCUT2D eigenvalue weighted by atomic mass is 16.5. The molecule has 5 nitrogen and oxygen atoms in total. The van der Waals surface area contributed by atoms with E-state index in [1.807, 2.05) is 62.4 Å². The van der Waals surface area contributed by atoms with Gasteiger partial charge in [0.2, 0.25) is 5.89 Å². The first-order valence-corrected chi connectivity index (χ1v) is 9.14. The van der Waals surface area contributed by atoms with E-state index >= 15 is 0 Å². The third kappa shape index (κ3) is 3.74. The first-order valence-electron chi connectivity index (χ1n) is 9.14. The summed E-state index contributed by atoms with van der Waals surface area (Å²) in [7, 11) is 0. The molecule has 4 aromatic rings. The van der Waals surface area contributed by atoms with Gasteiger partial charge >= 0.3 is 0 Å². The van der Waals surface area contributed by atoms with Gasteiger partial charge in [-0.25, -0.2) is 4.98 Å². The van der Waals surface area contributed by atoms with Crippen LogP contribution in [0.5, 0.6) is 5.75 Å². The Hall–Kier alpha value is -3.60. The van der Waals surface area contributed by atoms with Crippen LogP contribution < -0.4 is 10.1 Å². The number of aromatic nitrogens is 1. The largest absolute Gasteiger partial charge is 0.494 e. The Morgan fingerprint density at radius 1 is 1.07 bits per heavy atom. The number of benzene rings is 3. The van der Waals surface area contributed by atoms with Crippen LogP contribution >= 0.6 is 0 Å². The average Bonchev–Trinajstić information content (AvgIpc) is 3.12. The van der Waals surface area contributed by atoms with Crippen molar-refractivity contribution in [3.63, 3.8) is 0 Å². The predicted octanol–water partition coefficient (Wildman–Crippen LogP) is 5.45. The molecule has 140 valence electrons. The fourth-order valence-electron chi connectivity index (χ4n) is 2.98. The van der Waals surface area contributed by atoms with Crippen molar-refractivity contribution in [2.45, 2.75) is 13.8 Å². The van der Waals surface area contributed by atoms with Gasteiger partial charge in [-0.05, 0) is 67.9 Å². The Morgan fingerprint density at radius 2 is 1.93 bits per heavy atom. The summed E-state index contributed by atoms with van der Waals surface area (Å²) in [6, 6.07) is 20.5. The van der Waals surface area contributed by atoms with Crippen LogP contribution in [0.2, 0.25) is 0 Å². The Morgan fingerprint density at radius 3 is 2.79 bits per heavy atom. The molecule has 5 heteroatoms. The molecule has 3 aromatic carbocycles. The highest BCUT2D eigenvalue weighted by molar-refractivity contribution is 6.04. The van der Waals surface area contributed by atoms with Crippen molar-refractivity contribution in [3.05, 3.63) is 77.9 Å². The molecular weight excluding hydrogens is 352 g/mol. The number of rotatable bonds is 5. The summed E-state index contributed by atoms with van der Waals surface area (Å²) in [4.78, 5) is 17.1. The maximum absolute atomic E-state index is 12.6. The fraction of sp³-hybridized carbons (Fsp3) is 0.130. The highest BCUT2D eigenvalue weighted by Crippen LogP contribution is 2.27. The zero-order chi connectivity index (χ0) is 19.5. The van der Waals surface area contributed by atoms with E-state index in [-0.39, 0.29) is 5.91 Å². The third-order valence-corrected chi connectivity index (χ3v) is 4.32. The molecule has 28 heavy (non-hydrogen) atoms. The van der Waals surface area contributed by atoms with E-state index in [0.717, 1.165) is 22.2 Å². The molecule has 0 aliphatic rings. The van der Waals surface area contributed by atoms with E-state index in [4.69, 9.17) is 9.15 Å². The number of oxazole rings is 1. The predicted molar refractivity (Wildman–Crippen MR) is 110 cm³/mol. The van der Waals surface area contributed by atoms with E-state index in [2.05, 4.69) is 10.3 Å². The van der Waals surface area contributed by atoms with Crippen LogP contribution in [0.25, 0.3) is 22.6 Å². The van der Waals surface area contributed by atoms with Gasteiger partial charge < -0.3 is 14.5 Å². The summed E-state index contributed by atoms with van der Waals surface area (Å²) in [6.45, 7) is 4.47. The quantitative estimate of drug-likeness (QED) is 0.506. The summed E-state index contributed by atoms with van der Waals surface area (Å²) in [6.07, 6.45) is 0. The van der Waals surface area contributed by atoms with Crippen LogP contribution in [0, 0.1) is 6.92 Å². The molecule has 0 radical (unpaired) electrons. The molecule has 0 aliphatic carbocycles. The molecule has 0 atom stereocenters. The summed E-state index contributed by atoms with van der Waals surface area (Å²) in [5.41, 5.74) is 4.68. The minimum absolute atomic E-state index is 0.202. The molecule has 1 amide bonds. The van der Waals surface area contributed by atoms with Crippen LogP contribution in [0.4, 0.5) is 5.69 Å². The van der Waals surface area contributed by atoms with Gasteiger partial charge in [-0.2, -0.15) is 0 Å². The molecule has 0 aliphatic heterocycles. The maximum atomic E-state index is 12.6. The Bertz CT molecular complexity index is 1150. The van der Waals surface area contributed by atoms with E-state index in [0.29, 0.717) is 29.5 Å². The molecular formula is C23H20N2O3. The zero-order valence-corrected chi connectivity index (χ0v) is 15.7. The summed E-state index contributed by atoms with van der Waals surface area (Å²) in [5.74, 6) is 0.993. The lowest BCUT2D eigenvalue weighted by Crippen LogP contribution is -2.12. The van der Waals surface area contributed by atoms with Crippen molar-refractivity contribution in [1.82, 2.24) is 4.98 Å². The van der Waals surface area contributed by atoms with Gasteiger partial charge in [0.05, 0.1) is 6.61 Å². The summed E-state index contributed by atoms with van der Waals surface area (Å²) >= 11 is 0. The zero-order valence-electron chi connectivity index (χ0n) is 15.7. The molecule has 0 saturated heterocycles. The summed E-state index contributed by atoms with van der Waals surface area (Å²) < 4.78 is 11.3. The number of nitrogens with one attached hydrogen (secondary N) is 1. The lowest BCUT2D eigenvalue weighted by molar-refractivity contribution is 0.102. The smallest absolute Gasteiger partial charge is 0.255 e. The normalized spacial score (nSPS) is 10.8. The number of nitrogens with zero attached hydrogens (tertiary/aromatic N) is 1. The van der Waals surface area contributed by atoms with Gasteiger partial charge in [-0.3, -0.25) is 4.79 Å². The second-order valence-electron chi connectivity index (χ2n) is 6.49. The number of carbonyl (C=O) groups is 1. The standard InChI is InChI=1S/C23H20N2O3/c1-3-27-19-9-5-6-16(14-19)22(26)24-18-8-4-7-17(13-18)23-25-20-11-10-15(2)12-21(20)28-23/h4-14H,3H2,1-2H3,(H,24,26). The molecule has 1 N–H and O–H groups in total. The van der Waals surface area contributed by atoms with Crippen LogP contribution in [0.15, 0.2) is 71.1 Å².